The number of hydrogen-bond acceptors (Lipinski definition) is 2. The van der Waals surface area contributed by atoms with Crippen molar-refractivity contribution < 1.29 is 22.4 Å². The normalized spacial score (nSPS) is 12.2. The number of carbonyl (C=O) groups is 1. The van der Waals surface area contributed by atoms with Gasteiger partial charge in [-0.05, 0) is 23.6 Å². The summed E-state index contributed by atoms with van der Waals surface area (Å²) in [5.41, 5.74) is 0.825. The summed E-state index contributed by atoms with van der Waals surface area (Å²) in [6.07, 6.45) is 0.0273. The fourth-order valence-electron chi connectivity index (χ4n) is 2.77. The molecule has 3 nitrogen and oxygen atoms in total. The van der Waals surface area contributed by atoms with Crippen LogP contribution >= 0.6 is 0 Å². The quantitative estimate of drug-likeness (QED) is 0.723. The van der Waals surface area contributed by atoms with Crippen molar-refractivity contribution >= 4 is 16.9 Å². The van der Waals surface area contributed by atoms with Crippen molar-refractivity contribution in [2.75, 3.05) is 13.6 Å². The van der Waals surface area contributed by atoms with Crippen LogP contribution in [-0.2, 0) is 0 Å². The predicted octanol–water partition coefficient (Wildman–Crippen LogP) is 5.20. The second-order valence-electron chi connectivity index (χ2n) is 6.41. The van der Waals surface area contributed by atoms with Gasteiger partial charge in [0.2, 0.25) is 0 Å². The number of furan rings is 1. The van der Waals surface area contributed by atoms with Crippen molar-refractivity contribution in [1.82, 2.24) is 4.90 Å². The van der Waals surface area contributed by atoms with Gasteiger partial charge in [-0.2, -0.15) is 0 Å². The Morgan fingerprint density at radius 1 is 1.33 bits per heavy atom. The number of benzene rings is 1. The number of amides is 1. The number of halogens is 3. The fourth-order valence-corrected chi connectivity index (χ4v) is 2.77. The van der Waals surface area contributed by atoms with Gasteiger partial charge in [-0.25, -0.2) is 13.2 Å². The first-order valence-corrected chi connectivity index (χ1v) is 8.01. The van der Waals surface area contributed by atoms with E-state index in [9.17, 15) is 18.0 Å². The molecule has 1 aromatic heterocycles. The van der Waals surface area contributed by atoms with Gasteiger partial charge in [0, 0.05) is 18.9 Å². The highest BCUT2D eigenvalue weighted by atomic mass is 19.3. The van der Waals surface area contributed by atoms with Crippen molar-refractivity contribution in [1.29, 1.82) is 0 Å². The summed E-state index contributed by atoms with van der Waals surface area (Å²) < 4.78 is 46.7. The van der Waals surface area contributed by atoms with E-state index in [2.05, 4.69) is 0 Å². The Bertz CT molecular complexity index is 737. The fraction of sp³-hybridized carbons (Fsp3) is 0.500. The molecule has 0 atom stereocenters. The van der Waals surface area contributed by atoms with Crippen LogP contribution in [-0.4, -0.2) is 30.3 Å². The lowest BCUT2D eigenvalue weighted by atomic mass is 9.99. The van der Waals surface area contributed by atoms with Crippen LogP contribution in [0.1, 0.15) is 55.6 Å². The van der Waals surface area contributed by atoms with Gasteiger partial charge in [0.05, 0.1) is 6.54 Å². The molecular formula is C18H22F3NO2. The van der Waals surface area contributed by atoms with E-state index in [0.717, 1.165) is 10.5 Å². The van der Waals surface area contributed by atoms with Gasteiger partial charge in [-0.3, -0.25) is 4.79 Å². The first-order chi connectivity index (χ1) is 11.2. The van der Waals surface area contributed by atoms with Crippen molar-refractivity contribution in [3.63, 3.8) is 0 Å². The lowest BCUT2D eigenvalue weighted by Crippen LogP contribution is -2.38. The van der Waals surface area contributed by atoms with Crippen molar-refractivity contribution in [2.24, 2.45) is 0 Å². The molecule has 1 aromatic carbocycles. The molecule has 1 amide bonds. The summed E-state index contributed by atoms with van der Waals surface area (Å²) in [6.45, 7) is 4.85. The first kappa shape index (κ1) is 18.4. The molecule has 6 heteroatoms. The minimum absolute atomic E-state index is 0.0155. The van der Waals surface area contributed by atoms with Gasteiger partial charge in [-0.1, -0.05) is 33.3 Å². The second-order valence-corrected chi connectivity index (χ2v) is 6.41. The summed E-state index contributed by atoms with van der Waals surface area (Å²) in [6, 6.07) is 4.37. The monoisotopic (exact) mass is 341 g/mol. The molecule has 24 heavy (non-hydrogen) atoms. The molecule has 0 unspecified atom stereocenters. The van der Waals surface area contributed by atoms with Gasteiger partial charge in [-0.15, -0.1) is 0 Å². The average Bonchev–Trinajstić information content (AvgIpc) is 2.91. The number of fused-ring (bicyclic) bond motifs is 1. The van der Waals surface area contributed by atoms with E-state index in [1.54, 1.807) is 13.0 Å². The van der Waals surface area contributed by atoms with E-state index in [1.165, 1.54) is 19.2 Å². The molecule has 0 fully saturated rings. The van der Waals surface area contributed by atoms with Crippen LogP contribution in [0.15, 0.2) is 22.6 Å². The number of alkyl halides is 2. The van der Waals surface area contributed by atoms with Gasteiger partial charge in [0.15, 0.2) is 17.2 Å². The lowest BCUT2D eigenvalue weighted by molar-refractivity contribution is -0.0306. The standard InChI is InChI=1S/C18H22F3NO2/c1-5-8-18(20,21)10-22(4)17(23)15-9-13-12(11(2)3)6-7-14(19)16(13)24-15/h6-7,9,11H,5,8,10H2,1-4H3. The molecule has 0 aliphatic heterocycles. The molecule has 0 aliphatic rings. The molecule has 132 valence electrons. The smallest absolute Gasteiger partial charge is 0.289 e. The number of nitrogens with zero attached hydrogens (tertiary/aromatic N) is 1. The highest BCUT2D eigenvalue weighted by molar-refractivity contribution is 5.97. The van der Waals surface area contributed by atoms with E-state index in [4.69, 9.17) is 4.42 Å². The molecule has 0 saturated heterocycles. The highest BCUT2D eigenvalue weighted by Gasteiger charge is 2.32. The van der Waals surface area contributed by atoms with Crippen LogP contribution < -0.4 is 0 Å². The molecule has 1 heterocycles. The van der Waals surface area contributed by atoms with Gasteiger partial charge >= 0.3 is 0 Å². The van der Waals surface area contributed by atoms with Gasteiger partial charge in [0.25, 0.3) is 11.8 Å². The number of hydrogen-bond donors (Lipinski definition) is 0. The lowest BCUT2D eigenvalue weighted by Gasteiger charge is -2.22. The zero-order valence-electron chi connectivity index (χ0n) is 14.3. The average molecular weight is 341 g/mol. The Kier molecular flexibility index (Phi) is 5.26. The zero-order valence-corrected chi connectivity index (χ0v) is 14.3. The molecule has 0 aliphatic carbocycles. The summed E-state index contributed by atoms with van der Waals surface area (Å²) in [5.74, 6) is -4.24. The van der Waals surface area contributed by atoms with Crippen LogP contribution in [0.3, 0.4) is 0 Å². The maximum Gasteiger partial charge on any atom is 0.289 e. The first-order valence-electron chi connectivity index (χ1n) is 8.01. The Hall–Kier alpha value is -1.98. The van der Waals surface area contributed by atoms with Crippen LogP contribution in [0, 0.1) is 5.82 Å². The van der Waals surface area contributed by atoms with Crippen LogP contribution in [0.2, 0.25) is 0 Å². The third kappa shape index (κ3) is 3.74. The Morgan fingerprint density at radius 2 is 2.00 bits per heavy atom. The largest absolute Gasteiger partial charge is 0.448 e. The van der Waals surface area contributed by atoms with Crippen LogP contribution in [0.5, 0.6) is 0 Å². The molecule has 2 aromatic rings. The van der Waals surface area contributed by atoms with Crippen molar-refractivity contribution in [3.05, 3.63) is 35.3 Å². The Balaban J connectivity index is 2.33. The second kappa shape index (κ2) is 6.87. The number of rotatable bonds is 6. The third-order valence-corrected chi connectivity index (χ3v) is 3.93. The Labute approximate surface area is 139 Å². The maximum absolute atomic E-state index is 13.9. The van der Waals surface area contributed by atoms with Crippen molar-refractivity contribution in [3.8, 4) is 0 Å². The molecule has 2 rings (SSSR count). The van der Waals surface area contributed by atoms with E-state index in [1.807, 2.05) is 13.8 Å². The van der Waals surface area contributed by atoms with Gasteiger partial charge in [0.1, 0.15) is 0 Å². The summed E-state index contributed by atoms with van der Waals surface area (Å²) in [4.78, 5) is 13.3. The van der Waals surface area contributed by atoms with E-state index < -0.39 is 24.2 Å². The molecule has 0 radical (unpaired) electrons. The minimum Gasteiger partial charge on any atom is -0.448 e. The van der Waals surface area contributed by atoms with E-state index >= 15 is 0 Å². The summed E-state index contributed by atoms with van der Waals surface area (Å²) in [7, 11) is 1.29. The van der Waals surface area contributed by atoms with Crippen LogP contribution in [0.25, 0.3) is 11.0 Å². The molecular weight excluding hydrogens is 319 g/mol. The SMILES string of the molecule is CCCC(F)(F)CN(C)C(=O)c1cc2c(C(C)C)ccc(F)c2o1. The maximum atomic E-state index is 13.9. The molecule has 0 bridgehead atoms. The topological polar surface area (TPSA) is 33.5 Å². The summed E-state index contributed by atoms with van der Waals surface area (Å²) in [5, 5.41) is 0.502. The number of carbonyl (C=O) groups excluding carboxylic acids is 1. The van der Waals surface area contributed by atoms with E-state index in [0.29, 0.717) is 11.8 Å². The Morgan fingerprint density at radius 3 is 2.58 bits per heavy atom. The molecule has 0 spiro atoms. The van der Waals surface area contributed by atoms with Crippen molar-refractivity contribution in [2.45, 2.75) is 45.5 Å². The molecule has 0 saturated carbocycles. The van der Waals surface area contributed by atoms with E-state index in [-0.39, 0.29) is 23.7 Å². The third-order valence-electron chi connectivity index (χ3n) is 3.93. The predicted molar refractivity (Wildman–Crippen MR) is 87.1 cm³/mol. The molecule has 0 N–H and O–H groups in total. The van der Waals surface area contributed by atoms with Crippen LogP contribution in [0.4, 0.5) is 13.2 Å². The zero-order chi connectivity index (χ0) is 18.1. The minimum atomic E-state index is -2.96. The summed E-state index contributed by atoms with van der Waals surface area (Å²) >= 11 is 0. The highest BCUT2D eigenvalue weighted by Crippen LogP contribution is 2.31. The van der Waals surface area contributed by atoms with Gasteiger partial charge < -0.3 is 9.32 Å².